The molecule has 0 aliphatic carbocycles. The number of hydrogen-bond acceptors (Lipinski definition) is 4. The number of likely N-dealkylation sites (N-methyl/N-ethyl adjacent to an activating group) is 1. The molecule has 0 spiro atoms. The van der Waals surface area contributed by atoms with Gasteiger partial charge in [-0.05, 0) is 18.6 Å². The van der Waals surface area contributed by atoms with E-state index in [-0.39, 0.29) is 26.7 Å². The van der Waals surface area contributed by atoms with Gasteiger partial charge in [0.1, 0.15) is 4.90 Å². The van der Waals surface area contributed by atoms with Crippen LogP contribution in [0.2, 0.25) is 10.0 Å². The van der Waals surface area contributed by atoms with E-state index >= 15 is 0 Å². The van der Waals surface area contributed by atoms with E-state index in [2.05, 4.69) is 0 Å². The van der Waals surface area contributed by atoms with Crippen LogP contribution >= 0.6 is 23.2 Å². The lowest BCUT2D eigenvalue weighted by atomic mass is 10.3. The lowest BCUT2D eigenvalue weighted by molar-refractivity contribution is 0.181. The van der Waals surface area contributed by atoms with Crippen molar-refractivity contribution in [1.29, 1.82) is 0 Å². The number of ether oxygens (including phenoxy) is 1. The number of halogens is 2. The molecule has 1 fully saturated rings. The van der Waals surface area contributed by atoms with E-state index in [1.54, 1.807) is 0 Å². The molecule has 1 aliphatic heterocycles. The number of hydrogen-bond donors (Lipinski definition) is 1. The van der Waals surface area contributed by atoms with Crippen molar-refractivity contribution < 1.29 is 13.2 Å². The van der Waals surface area contributed by atoms with Gasteiger partial charge in [0.2, 0.25) is 10.0 Å². The van der Waals surface area contributed by atoms with E-state index in [9.17, 15) is 8.42 Å². The molecule has 2 rings (SSSR count). The first kappa shape index (κ1) is 14.9. The second-order valence-electron chi connectivity index (χ2n) is 4.31. The molecule has 0 aromatic heterocycles. The third-order valence-electron chi connectivity index (χ3n) is 3.17. The molecule has 1 unspecified atom stereocenters. The van der Waals surface area contributed by atoms with Crippen LogP contribution in [0.15, 0.2) is 17.0 Å². The average Bonchev–Trinajstić information content (AvgIpc) is 2.88. The third-order valence-corrected chi connectivity index (χ3v) is 5.97. The molecule has 8 heteroatoms. The fraction of sp³-hybridized carbons (Fsp3) is 0.455. The zero-order valence-electron chi connectivity index (χ0n) is 10.3. The second kappa shape index (κ2) is 5.46. The van der Waals surface area contributed by atoms with Crippen molar-refractivity contribution in [1.82, 2.24) is 4.31 Å². The smallest absolute Gasteiger partial charge is 0.244 e. The van der Waals surface area contributed by atoms with Crippen molar-refractivity contribution in [2.45, 2.75) is 17.4 Å². The number of rotatable bonds is 3. The van der Waals surface area contributed by atoms with Crippen molar-refractivity contribution in [3.63, 3.8) is 0 Å². The lowest BCUT2D eigenvalue weighted by Crippen LogP contribution is -2.37. The third kappa shape index (κ3) is 2.68. The molecule has 1 aliphatic rings. The van der Waals surface area contributed by atoms with Crippen LogP contribution in [-0.2, 0) is 14.8 Å². The van der Waals surface area contributed by atoms with E-state index in [0.717, 1.165) is 0 Å². The Kier molecular flexibility index (Phi) is 4.27. The predicted octanol–water partition coefficient (Wildman–Crippen LogP) is 1.99. The summed E-state index contributed by atoms with van der Waals surface area (Å²) in [5, 5.41) is 0.189. The van der Waals surface area contributed by atoms with Crippen LogP contribution in [-0.4, -0.2) is 39.0 Å². The van der Waals surface area contributed by atoms with Gasteiger partial charge in [-0.3, -0.25) is 0 Å². The van der Waals surface area contributed by atoms with Gasteiger partial charge in [-0.2, -0.15) is 4.31 Å². The average molecular weight is 325 g/mol. The highest BCUT2D eigenvalue weighted by atomic mass is 35.5. The molecule has 1 aromatic rings. The maximum atomic E-state index is 12.5. The van der Waals surface area contributed by atoms with Gasteiger partial charge in [0.15, 0.2) is 0 Å². The van der Waals surface area contributed by atoms with Crippen LogP contribution < -0.4 is 5.73 Å². The molecular formula is C11H14Cl2N2O3S. The predicted molar refractivity (Wildman–Crippen MR) is 75.0 cm³/mol. The first-order valence-corrected chi connectivity index (χ1v) is 7.84. The van der Waals surface area contributed by atoms with Gasteiger partial charge < -0.3 is 10.5 Å². The van der Waals surface area contributed by atoms with E-state index in [1.807, 2.05) is 0 Å². The van der Waals surface area contributed by atoms with Crippen molar-refractivity contribution in [3.8, 4) is 0 Å². The Balaban J connectivity index is 2.42. The summed E-state index contributed by atoms with van der Waals surface area (Å²) < 4.78 is 31.5. The Hall–Kier alpha value is -0.530. The Labute approximate surface area is 122 Å². The second-order valence-corrected chi connectivity index (χ2v) is 7.06. The highest BCUT2D eigenvalue weighted by Gasteiger charge is 2.32. The van der Waals surface area contributed by atoms with Crippen molar-refractivity contribution in [2.75, 3.05) is 26.0 Å². The minimum Gasteiger partial charge on any atom is -0.396 e. The Bertz CT molecular complexity index is 586. The molecule has 19 heavy (non-hydrogen) atoms. The summed E-state index contributed by atoms with van der Waals surface area (Å²) in [7, 11) is -2.20. The molecule has 1 heterocycles. The number of benzene rings is 1. The zero-order chi connectivity index (χ0) is 14.2. The zero-order valence-corrected chi connectivity index (χ0v) is 12.6. The van der Waals surface area contributed by atoms with Crippen LogP contribution in [0.25, 0.3) is 0 Å². The van der Waals surface area contributed by atoms with Gasteiger partial charge >= 0.3 is 0 Å². The van der Waals surface area contributed by atoms with Gasteiger partial charge in [0, 0.05) is 13.7 Å². The Morgan fingerprint density at radius 3 is 2.68 bits per heavy atom. The highest BCUT2D eigenvalue weighted by molar-refractivity contribution is 7.89. The maximum absolute atomic E-state index is 12.5. The summed E-state index contributed by atoms with van der Waals surface area (Å²) in [6, 6.07) is 2.61. The van der Waals surface area contributed by atoms with Crippen LogP contribution in [0.4, 0.5) is 5.69 Å². The Morgan fingerprint density at radius 1 is 1.42 bits per heavy atom. The van der Waals surface area contributed by atoms with E-state index in [0.29, 0.717) is 19.6 Å². The molecule has 5 nitrogen and oxygen atoms in total. The number of nitrogen functional groups attached to an aromatic ring is 1. The summed E-state index contributed by atoms with van der Waals surface area (Å²) in [6.07, 6.45) is 0.663. The Morgan fingerprint density at radius 2 is 2.11 bits per heavy atom. The lowest BCUT2D eigenvalue weighted by Gasteiger charge is -2.23. The van der Waals surface area contributed by atoms with Gasteiger partial charge in [0.25, 0.3) is 0 Å². The van der Waals surface area contributed by atoms with E-state index in [1.165, 1.54) is 23.5 Å². The van der Waals surface area contributed by atoms with E-state index in [4.69, 9.17) is 33.7 Å². The van der Waals surface area contributed by atoms with Crippen LogP contribution in [0.1, 0.15) is 6.42 Å². The fourth-order valence-corrected chi connectivity index (χ4v) is 4.02. The molecular weight excluding hydrogens is 311 g/mol. The monoisotopic (exact) mass is 324 g/mol. The normalized spacial score (nSPS) is 20.1. The summed E-state index contributed by atoms with van der Waals surface area (Å²) in [5.74, 6) is 0. The molecule has 0 amide bonds. The molecule has 0 saturated carbocycles. The summed E-state index contributed by atoms with van der Waals surface area (Å²) >= 11 is 11.8. The summed E-state index contributed by atoms with van der Waals surface area (Å²) in [5.41, 5.74) is 5.73. The fourth-order valence-electron chi connectivity index (χ4n) is 1.91. The molecule has 1 saturated heterocycles. The molecule has 2 N–H and O–H groups in total. The van der Waals surface area contributed by atoms with Gasteiger partial charge in [-0.25, -0.2) is 8.42 Å². The van der Waals surface area contributed by atoms with Gasteiger partial charge in [-0.1, -0.05) is 23.2 Å². The largest absolute Gasteiger partial charge is 0.396 e. The quantitative estimate of drug-likeness (QED) is 0.863. The summed E-state index contributed by atoms with van der Waals surface area (Å²) in [4.78, 5) is -0.0366. The van der Waals surface area contributed by atoms with Gasteiger partial charge in [0.05, 0.1) is 28.4 Å². The summed E-state index contributed by atoms with van der Waals surface area (Å²) in [6.45, 7) is 0.942. The standard InChI is InChI=1S/C11H14Cl2N2O3S/c1-15(7-4-5-18-6-7)19(16,17)9-3-2-8(12)11(14)10(9)13/h2-3,7H,4-6,14H2,1H3. The number of sulfonamides is 1. The molecule has 0 bridgehead atoms. The minimum absolute atomic E-state index is 0.0366. The van der Waals surface area contributed by atoms with Crippen LogP contribution in [0, 0.1) is 0 Å². The molecule has 1 atom stereocenters. The maximum Gasteiger partial charge on any atom is 0.244 e. The van der Waals surface area contributed by atoms with Crippen molar-refractivity contribution >= 4 is 38.9 Å². The SMILES string of the molecule is CN(C1CCOC1)S(=O)(=O)c1ccc(Cl)c(N)c1Cl. The first-order valence-electron chi connectivity index (χ1n) is 5.65. The van der Waals surface area contributed by atoms with Crippen LogP contribution in [0.5, 0.6) is 0 Å². The number of nitrogens with two attached hydrogens (primary N) is 1. The molecule has 106 valence electrons. The minimum atomic E-state index is -3.71. The molecule has 0 radical (unpaired) electrons. The topological polar surface area (TPSA) is 72.6 Å². The number of nitrogens with zero attached hydrogens (tertiary/aromatic N) is 1. The van der Waals surface area contributed by atoms with Crippen molar-refractivity contribution in [3.05, 3.63) is 22.2 Å². The first-order chi connectivity index (χ1) is 8.85. The van der Waals surface area contributed by atoms with Gasteiger partial charge in [-0.15, -0.1) is 0 Å². The molecule has 1 aromatic carbocycles. The van der Waals surface area contributed by atoms with Crippen LogP contribution in [0.3, 0.4) is 0 Å². The van der Waals surface area contributed by atoms with E-state index < -0.39 is 10.0 Å². The highest BCUT2D eigenvalue weighted by Crippen LogP contribution is 2.35. The number of anilines is 1. The van der Waals surface area contributed by atoms with Crippen molar-refractivity contribution in [2.24, 2.45) is 0 Å².